The summed E-state index contributed by atoms with van der Waals surface area (Å²) < 4.78 is 5.51. The van der Waals surface area contributed by atoms with E-state index in [1.54, 1.807) is 0 Å². The van der Waals surface area contributed by atoms with Crippen molar-refractivity contribution in [2.75, 3.05) is 24.5 Å². The number of fused-ring (bicyclic) bond motifs is 2. The first-order valence-electron chi connectivity index (χ1n) is 9.13. The van der Waals surface area contributed by atoms with Gasteiger partial charge in [0.2, 0.25) is 5.95 Å². The molecule has 6 heteroatoms. The minimum atomic E-state index is -0.230. The molecule has 2 aliphatic heterocycles. The van der Waals surface area contributed by atoms with E-state index in [2.05, 4.69) is 14.9 Å². The Morgan fingerprint density at radius 1 is 1.12 bits per heavy atom. The minimum absolute atomic E-state index is 0.230. The minimum Gasteiger partial charge on any atom is -0.445 e. The van der Waals surface area contributed by atoms with Gasteiger partial charge < -0.3 is 14.5 Å². The van der Waals surface area contributed by atoms with Crippen molar-refractivity contribution in [3.05, 3.63) is 53.3 Å². The predicted octanol–water partition coefficient (Wildman–Crippen LogP) is 2.94. The van der Waals surface area contributed by atoms with Crippen LogP contribution in [0.25, 0.3) is 0 Å². The van der Waals surface area contributed by atoms with Crippen LogP contribution in [0.5, 0.6) is 0 Å². The Morgan fingerprint density at radius 3 is 2.58 bits per heavy atom. The summed E-state index contributed by atoms with van der Waals surface area (Å²) in [7, 11) is 0. The summed E-state index contributed by atoms with van der Waals surface area (Å²) >= 11 is 0. The third kappa shape index (κ3) is 3.49. The summed E-state index contributed by atoms with van der Waals surface area (Å²) in [5.74, 6) is 1.23. The number of hydrogen-bond acceptors (Lipinski definition) is 5. The number of carbonyl (C=O) groups excluding carboxylic acids is 1. The van der Waals surface area contributed by atoms with Crippen LogP contribution in [0, 0.1) is 19.8 Å². The summed E-state index contributed by atoms with van der Waals surface area (Å²) in [5, 5.41) is 0. The number of rotatable bonds is 3. The Bertz CT molecular complexity index is 775. The van der Waals surface area contributed by atoms with Crippen molar-refractivity contribution in [1.29, 1.82) is 0 Å². The molecule has 2 aromatic rings. The molecule has 4 rings (SSSR count). The van der Waals surface area contributed by atoms with Crippen molar-refractivity contribution in [2.45, 2.75) is 32.9 Å². The zero-order valence-electron chi connectivity index (χ0n) is 15.3. The van der Waals surface area contributed by atoms with Crippen molar-refractivity contribution in [2.24, 2.45) is 5.92 Å². The third-order valence-electron chi connectivity index (χ3n) is 5.10. The molecule has 2 fully saturated rings. The van der Waals surface area contributed by atoms with Gasteiger partial charge in [-0.1, -0.05) is 30.3 Å². The van der Waals surface area contributed by atoms with Crippen LogP contribution in [0.3, 0.4) is 0 Å². The SMILES string of the molecule is Cc1cc(C)nc(N2CC3CC2CN(C(=O)OCc2ccccc2)C3)n1. The molecule has 0 saturated carbocycles. The number of benzene rings is 1. The van der Waals surface area contributed by atoms with Gasteiger partial charge in [-0.15, -0.1) is 0 Å². The molecule has 2 bridgehead atoms. The summed E-state index contributed by atoms with van der Waals surface area (Å²) in [6.45, 7) is 6.61. The number of hydrogen-bond donors (Lipinski definition) is 0. The molecule has 1 aromatic carbocycles. The van der Waals surface area contributed by atoms with Crippen LogP contribution >= 0.6 is 0 Å². The van der Waals surface area contributed by atoms with Crippen LogP contribution in [0.1, 0.15) is 23.4 Å². The molecule has 2 unspecified atom stereocenters. The Kier molecular flexibility index (Phi) is 4.49. The van der Waals surface area contributed by atoms with Crippen molar-refractivity contribution >= 4 is 12.0 Å². The number of aromatic nitrogens is 2. The van der Waals surface area contributed by atoms with Crippen LogP contribution in [0.15, 0.2) is 36.4 Å². The van der Waals surface area contributed by atoms with E-state index < -0.39 is 0 Å². The van der Waals surface area contributed by atoms with Crippen LogP contribution in [0.2, 0.25) is 0 Å². The number of aryl methyl sites for hydroxylation is 2. The highest BCUT2D eigenvalue weighted by Crippen LogP contribution is 2.32. The molecule has 0 N–H and O–H groups in total. The summed E-state index contributed by atoms with van der Waals surface area (Å²) in [5.41, 5.74) is 2.97. The molecule has 3 heterocycles. The smallest absolute Gasteiger partial charge is 0.410 e. The second-order valence-electron chi connectivity index (χ2n) is 7.30. The summed E-state index contributed by atoms with van der Waals surface area (Å²) in [6, 6.07) is 12.0. The molecule has 6 nitrogen and oxygen atoms in total. The molecule has 1 aromatic heterocycles. The molecule has 2 aliphatic rings. The molecule has 2 saturated heterocycles. The van der Waals surface area contributed by atoms with Gasteiger partial charge >= 0.3 is 6.09 Å². The van der Waals surface area contributed by atoms with E-state index in [1.807, 2.05) is 55.1 Å². The standard InChI is InChI=1S/C20H24N4O2/c1-14-8-15(2)22-19(21-14)24-11-17-9-18(24)12-23(10-17)20(25)26-13-16-6-4-3-5-7-16/h3-8,17-18H,9-13H2,1-2H3. The average Bonchev–Trinajstić information content (AvgIpc) is 2.93. The molecular weight excluding hydrogens is 328 g/mol. The van der Waals surface area contributed by atoms with Gasteiger partial charge in [-0.2, -0.15) is 0 Å². The van der Waals surface area contributed by atoms with Gasteiger partial charge in [0.1, 0.15) is 6.61 Å². The normalized spacial score (nSPS) is 21.8. The van der Waals surface area contributed by atoms with E-state index in [0.29, 0.717) is 19.1 Å². The van der Waals surface area contributed by atoms with Gasteiger partial charge in [0, 0.05) is 31.0 Å². The van der Waals surface area contributed by atoms with E-state index in [-0.39, 0.29) is 12.1 Å². The average molecular weight is 352 g/mol. The lowest BCUT2D eigenvalue weighted by atomic mass is 10.0. The van der Waals surface area contributed by atoms with Crippen molar-refractivity contribution in [3.63, 3.8) is 0 Å². The number of piperidine rings is 1. The lowest BCUT2D eigenvalue weighted by Crippen LogP contribution is -2.45. The Labute approximate surface area is 153 Å². The number of amides is 1. The Morgan fingerprint density at radius 2 is 1.85 bits per heavy atom. The third-order valence-corrected chi connectivity index (χ3v) is 5.10. The molecular formula is C20H24N4O2. The van der Waals surface area contributed by atoms with Crippen molar-refractivity contribution < 1.29 is 9.53 Å². The summed E-state index contributed by atoms with van der Waals surface area (Å²) in [4.78, 5) is 25.8. The fourth-order valence-electron chi connectivity index (χ4n) is 4.00. The van der Waals surface area contributed by atoms with Gasteiger partial charge in [-0.25, -0.2) is 14.8 Å². The van der Waals surface area contributed by atoms with E-state index in [0.717, 1.165) is 42.4 Å². The van der Waals surface area contributed by atoms with Gasteiger partial charge in [0.15, 0.2) is 0 Å². The Hall–Kier alpha value is -2.63. The molecule has 2 atom stereocenters. The molecule has 0 aliphatic carbocycles. The highest BCUT2D eigenvalue weighted by atomic mass is 16.6. The largest absolute Gasteiger partial charge is 0.445 e. The first-order chi connectivity index (χ1) is 12.6. The zero-order valence-corrected chi connectivity index (χ0v) is 15.3. The van der Waals surface area contributed by atoms with Crippen LogP contribution < -0.4 is 4.90 Å². The lowest BCUT2D eigenvalue weighted by Gasteiger charge is -2.32. The van der Waals surface area contributed by atoms with Gasteiger partial charge in [-0.3, -0.25) is 0 Å². The second-order valence-corrected chi connectivity index (χ2v) is 7.30. The van der Waals surface area contributed by atoms with E-state index in [1.165, 1.54) is 0 Å². The highest BCUT2D eigenvalue weighted by molar-refractivity contribution is 5.68. The lowest BCUT2D eigenvalue weighted by molar-refractivity contribution is 0.0833. The number of likely N-dealkylation sites (tertiary alicyclic amines) is 1. The van der Waals surface area contributed by atoms with E-state index in [9.17, 15) is 4.79 Å². The van der Waals surface area contributed by atoms with Gasteiger partial charge in [0.05, 0.1) is 6.04 Å². The second kappa shape index (κ2) is 6.94. The topological polar surface area (TPSA) is 58.6 Å². The maximum absolute atomic E-state index is 12.5. The van der Waals surface area contributed by atoms with Crippen molar-refractivity contribution in [3.8, 4) is 0 Å². The van der Waals surface area contributed by atoms with Gasteiger partial charge in [-0.05, 0) is 37.8 Å². The molecule has 0 radical (unpaired) electrons. The van der Waals surface area contributed by atoms with Crippen LogP contribution in [-0.2, 0) is 11.3 Å². The number of ether oxygens (including phenoxy) is 1. The maximum Gasteiger partial charge on any atom is 0.410 e. The van der Waals surface area contributed by atoms with E-state index >= 15 is 0 Å². The fraction of sp³-hybridized carbons (Fsp3) is 0.450. The van der Waals surface area contributed by atoms with Crippen LogP contribution in [-0.4, -0.2) is 46.6 Å². The molecule has 1 amide bonds. The first kappa shape index (κ1) is 16.8. The maximum atomic E-state index is 12.5. The Balaban J connectivity index is 1.41. The highest BCUT2D eigenvalue weighted by Gasteiger charge is 2.41. The van der Waals surface area contributed by atoms with Crippen molar-refractivity contribution in [1.82, 2.24) is 14.9 Å². The first-order valence-corrected chi connectivity index (χ1v) is 9.13. The van der Waals surface area contributed by atoms with E-state index in [4.69, 9.17) is 4.74 Å². The molecule has 136 valence electrons. The monoisotopic (exact) mass is 352 g/mol. The predicted molar refractivity (Wildman–Crippen MR) is 98.9 cm³/mol. The zero-order chi connectivity index (χ0) is 18.1. The van der Waals surface area contributed by atoms with Gasteiger partial charge in [0.25, 0.3) is 0 Å². The fourth-order valence-corrected chi connectivity index (χ4v) is 4.00. The number of anilines is 1. The summed E-state index contributed by atoms with van der Waals surface area (Å²) in [6.07, 6.45) is 0.852. The number of nitrogens with zero attached hydrogens (tertiary/aromatic N) is 4. The van der Waals surface area contributed by atoms with Crippen LogP contribution in [0.4, 0.5) is 10.7 Å². The number of carbonyl (C=O) groups is 1. The molecule has 0 spiro atoms. The molecule has 26 heavy (non-hydrogen) atoms. The quantitative estimate of drug-likeness (QED) is 0.850.